The Kier molecular flexibility index (Phi) is 3.56. The Morgan fingerprint density at radius 1 is 1.59 bits per heavy atom. The van der Waals surface area contributed by atoms with Crippen molar-refractivity contribution >= 4 is 17.7 Å². The van der Waals surface area contributed by atoms with Crippen molar-refractivity contribution in [2.24, 2.45) is 11.3 Å². The van der Waals surface area contributed by atoms with Crippen LogP contribution in [0.3, 0.4) is 0 Å². The summed E-state index contributed by atoms with van der Waals surface area (Å²) in [6.07, 6.45) is -0.0188. The Balaban J connectivity index is 1.87. The summed E-state index contributed by atoms with van der Waals surface area (Å²) in [5, 5.41) is 12.8. The van der Waals surface area contributed by atoms with Gasteiger partial charge in [0.25, 0.3) is 0 Å². The zero-order valence-corrected chi connectivity index (χ0v) is 12.7. The highest BCUT2D eigenvalue weighted by molar-refractivity contribution is 5.78. The third kappa shape index (κ3) is 2.43. The van der Waals surface area contributed by atoms with Crippen LogP contribution < -0.4 is 20.7 Å². The minimum Gasteiger partial charge on any atom is -0.481 e. The number of anilines is 2. The van der Waals surface area contributed by atoms with E-state index in [0.29, 0.717) is 37.9 Å². The predicted molar refractivity (Wildman–Crippen MR) is 80.8 cm³/mol. The van der Waals surface area contributed by atoms with Gasteiger partial charge in [-0.3, -0.25) is 4.79 Å². The number of nitrogen functional groups attached to an aromatic ring is 1. The number of rotatable bonds is 4. The van der Waals surface area contributed by atoms with Crippen LogP contribution in [0, 0.1) is 11.3 Å². The lowest BCUT2D eigenvalue weighted by Gasteiger charge is -2.23. The Morgan fingerprint density at radius 2 is 2.36 bits per heavy atom. The average molecular weight is 307 g/mol. The highest BCUT2D eigenvalue weighted by Gasteiger charge is 2.55. The standard InChI is InChI=1S/C14H21N5O3/c1-8(2)22-11-3-10(17-13(15)18-11)19-5-9-4-16-6-14(9,7-19)12(20)21/h3,8-9,16H,4-7H2,1-2H3,(H,20,21)(H2,15,17,18)/t9-,14-/m1/s1. The van der Waals surface area contributed by atoms with Crippen LogP contribution in [0.25, 0.3) is 0 Å². The summed E-state index contributed by atoms with van der Waals surface area (Å²) >= 11 is 0. The number of aliphatic carboxylic acids is 1. The summed E-state index contributed by atoms with van der Waals surface area (Å²) in [7, 11) is 0. The summed E-state index contributed by atoms with van der Waals surface area (Å²) < 4.78 is 5.58. The molecule has 2 aliphatic rings. The van der Waals surface area contributed by atoms with Crippen LogP contribution in [0.5, 0.6) is 5.88 Å². The van der Waals surface area contributed by atoms with E-state index >= 15 is 0 Å². The molecule has 4 N–H and O–H groups in total. The second kappa shape index (κ2) is 5.28. The van der Waals surface area contributed by atoms with E-state index in [1.54, 1.807) is 6.07 Å². The molecular formula is C14H21N5O3. The molecule has 0 aromatic carbocycles. The summed E-state index contributed by atoms with van der Waals surface area (Å²) in [5.41, 5.74) is 5.00. The molecule has 0 radical (unpaired) electrons. The molecule has 2 fully saturated rings. The average Bonchev–Trinajstić information content (AvgIpc) is 2.94. The van der Waals surface area contributed by atoms with Gasteiger partial charge in [-0.05, 0) is 13.8 Å². The van der Waals surface area contributed by atoms with Crippen LogP contribution in [-0.4, -0.2) is 53.3 Å². The summed E-state index contributed by atoms with van der Waals surface area (Å²) in [6.45, 7) is 6.05. The Morgan fingerprint density at radius 3 is 3.00 bits per heavy atom. The highest BCUT2D eigenvalue weighted by atomic mass is 16.5. The van der Waals surface area contributed by atoms with Gasteiger partial charge in [0, 0.05) is 38.2 Å². The number of ether oxygens (including phenoxy) is 1. The zero-order valence-electron chi connectivity index (χ0n) is 12.7. The number of nitrogens with zero attached hydrogens (tertiary/aromatic N) is 3. The minimum atomic E-state index is -0.759. The third-order valence-electron chi connectivity index (χ3n) is 4.34. The van der Waals surface area contributed by atoms with E-state index in [1.165, 1.54) is 0 Å². The van der Waals surface area contributed by atoms with Crippen LogP contribution in [0.2, 0.25) is 0 Å². The number of hydrogen-bond acceptors (Lipinski definition) is 7. The van der Waals surface area contributed by atoms with Crippen molar-refractivity contribution in [1.29, 1.82) is 0 Å². The first kappa shape index (κ1) is 14.8. The number of aromatic nitrogens is 2. The van der Waals surface area contributed by atoms with E-state index in [4.69, 9.17) is 10.5 Å². The lowest BCUT2D eigenvalue weighted by Crippen LogP contribution is -2.40. The fourth-order valence-electron chi connectivity index (χ4n) is 3.29. The zero-order chi connectivity index (χ0) is 15.9. The molecule has 1 aromatic rings. The van der Waals surface area contributed by atoms with E-state index in [9.17, 15) is 9.90 Å². The van der Waals surface area contributed by atoms with Gasteiger partial charge in [0.2, 0.25) is 11.8 Å². The van der Waals surface area contributed by atoms with E-state index in [-0.39, 0.29) is 18.0 Å². The molecule has 8 heteroatoms. The van der Waals surface area contributed by atoms with Crippen molar-refractivity contribution in [2.75, 3.05) is 36.8 Å². The highest BCUT2D eigenvalue weighted by Crippen LogP contribution is 2.41. The molecule has 0 saturated carbocycles. The lowest BCUT2D eigenvalue weighted by atomic mass is 9.81. The normalized spacial score (nSPS) is 27.2. The number of fused-ring (bicyclic) bond motifs is 1. The predicted octanol–water partition coefficient (Wildman–Crippen LogP) is -0.0436. The third-order valence-corrected chi connectivity index (χ3v) is 4.34. The van der Waals surface area contributed by atoms with Gasteiger partial charge in [-0.15, -0.1) is 0 Å². The number of nitrogens with one attached hydrogen (secondary N) is 1. The quantitative estimate of drug-likeness (QED) is 0.710. The summed E-state index contributed by atoms with van der Waals surface area (Å²) in [4.78, 5) is 22.0. The summed E-state index contributed by atoms with van der Waals surface area (Å²) in [6, 6.07) is 1.72. The first-order chi connectivity index (χ1) is 10.4. The number of nitrogens with two attached hydrogens (primary N) is 1. The van der Waals surface area contributed by atoms with Gasteiger partial charge in [-0.1, -0.05) is 0 Å². The molecule has 22 heavy (non-hydrogen) atoms. The lowest BCUT2D eigenvalue weighted by molar-refractivity contribution is -0.148. The monoisotopic (exact) mass is 307 g/mol. The molecule has 0 bridgehead atoms. The first-order valence-electron chi connectivity index (χ1n) is 7.41. The second-order valence-corrected chi connectivity index (χ2v) is 6.26. The number of carboxylic acids is 1. The Hall–Kier alpha value is -2.09. The first-order valence-corrected chi connectivity index (χ1v) is 7.41. The van der Waals surface area contributed by atoms with E-state index in [1.807, 2.05) is 18.7 Å². The van der Waals surface area contributed by atoms with Crippen LogP contribution in [0.4, 0.5) is 11.8 Å². The van der Waals surface area contributed by atoms with Gasteiger partial charge in [-0.25, -0.2) is 0 Å². The van der Waals surface area contributed by atoms with Gasteiger partial charge in [0.1, 0.15) is 11.2 Å². The summed E-state index contributed by atoms with van der Waals surface area (Å²) in [5.74, 6) is 0.476. The van der Waals surface area contributed by atoms with Crippen molar-refractivity contribution < 1.29 is 14.6 Å². The molecule has 0 aliphatic carbocycles. The molecule has 3 heterocycles. The van der Waals surface area contributed by atoms with Crippen molar-refractivity contribution in [2.45, 2.75) is 20.0 Å². The molecular weight excluding hydrogens is 286 g/mol. The smallest absolute Gasteiger partial charge is 0.313 e. The van der Waals surface area contributed by atoms with E-state index in [2.05, 4.69) is 15.3 Å². The Labute approximate surface area is 128 Å². The van der Waals surface area contributed by atoms with Gasteiger partial charge in [0.15, 0.2) is 0 Å². The molecule has 1 aromatic heterocycles. The molecule has 2 atom stereocenters. The number of carboxylic acid groups (broad SMARTS) is 1. The molecule has 2 aliphatic heterocycles. The molecule has 0 spiro atoms. The van der Waals surface area contributed by atoms with Crippen LogP contribution in [0.15, 0.2) is 6.07 Å². The largest absolute Gasteiger partial charge is 0.481 e. The fourth-order valence-corrected chi connectivity index (χ4v) is 3.29. The number of hydrogen-bond donors (Lipinski definition) is 3. The topological polar surface area (TPSA) is 114 Å². The van der Waals surface area contributed by atoms with Crippen molar-refractivity contribution in [3.05, 3.63) is 6.07 Å². The minimum absolute atomic E-state index is 0.0188. The van der Waals surface area contributed by atoms with Crippen molar-refractivity contribution in [3.8, 4) is 5.88 Å². The Bertz CT molecular complexity index is 594. The van der Waals surface area contributed by atoms with Crippen LogP contribution >= 0.6 is 0 Å². The van der Waals surface area contributed by atoms with Gasteiger partial charge >= 0.3 is 5.97 Å². The molecule has 0 amide bonds. The van der Waals surface area contributed by atoms with Crippen LogP contribution in [0.1, 0.15) is 13.8 Å². The SMILES string of the molecule is CC(C)Oc1cc(N2C[C@H]3CNC[C@@]3(C(=O)O)C2)nc(N)n1. The van der Waals surface area contributed by atoms with Gasteiger partial charge < -0.3 is 25.8 Å². The molecule has 2 saturated heterocycles. The maximum absolute atomic E-state index is 11.7. The molecule has 120 valence electrons. The molecule has 3 rings (SSSR count). The van der Waals surface area contributed by atoms with Crippen LogP contribution in [-0.2, 0) is 4.79 Å². The van der Waals surface area contributed by atoms with Crippen molar-refractivity contribution in [3.63, 3.8) is 0 Å². The van der Waals surface area contributed by atoms with Gasteiger partial charge in [-0.2, -0.15) is 9.97 Å². The maximum atomic E-state index is 11.7. The number of carbonyl (C=O) groups is 1. The van der Waals surface area contributed by atoms with Crippen molar-refractivity contribution in [1.82, 2.24) is 15.3 Å². The van der Waals surface area contributed by atoms with E-state index in [0.717, 1.165) is 0 Å². The van der Waals surface area contributed by atoms with Gasteiger partial charge in [0.05, 0.1) is 6.10 Å². The fraction of sp³-hybridized carbons (Fsp3) is 0.643. The second-order valence-electron chi connectivity index (χ2n) is 6.26. The maximum Gasteiger partial charge on any atom is 0.313 e. The molecule has 8 nitrogen and oxygen atoms in total. The van der Waals surface area contributed by atoms with E-state index < -0.39 is 11.4 Å². The molecule has 0 unspecified atom stereocenters.